The molecule has 28 heavy (non-hydrogen) atoms. The van der Waals surface area contributed by atoms with Crippen LogP contribution in [-0.4, -0.2) is 26.1 Å². The number of ketones is 1. The van der Waals surface area contributed by atoms with Crippen molar-refractivity contribution in [2.24, 2.45) is 0 Å². The maximum Gasteiger partial charge on any atom is 0.210 e. The third-order valence-corrected chi connectivity index (χ3v) is 6.07. The van der Waals surface area contributed by atoms with E-state index >= 15 is 0 Å². The monoisotopic (exact) mass is 392 g/mol. The van der Waals surface area contributed by atoms with Gasteiger partial charge in [-0.25, -0.2) is 8.42 Å². The van der Waals surface area contributed by atoms with E-state index in [4.69, 9.17) is 4.74 Å². The lowest BCUT2D eigenvalue weighted by atomic mass is 9.91. The molecule has 4 rings (SSSR count). The first-order valence-corrected chi connectivity index (χ1v) is 10.8. The van der Waals surface area contributed by atoms with Crippen LogP contribution in [0.3, 0.4) is 0 Å². The minimum Gasteiger partial charge on any atom is -0.478 e. The van der Waals surface area contributed by atoms with Crippen LogP contribution in [0.25, 0.3) is 22.1 Å². The van der Waals surface area contributed by atoms with E-state index in [-0.39, 0.29) is 10.7 Å². The first kappa shape index (κ1) is 18.4. The van der Waals surface area contributed by atoms with Crippen LogP contribution < -0.4 is 0 Å². The Labute approximate surface area is 164 Å². The Bertz CT molecular complexity index is 1230. The van der Waals surface area contributed by atoms with Crippen molar-refractivity contribution in [2.75, 3.05) is 6.26 Å². The van der Waals surface area contributed by atoms with Gasteiger partial charge in [0.1, 0.15) is 5.76 Å². The van der Waals surface area contributed by atoms with Gasteiger partial charge in [0.15, 0.2) is 15.4 Å². The molecule has 3 aromatic rings. The van der Waals surface area contributed by atoms with Crippen molar-refractivity contribution in [3.63, 3.8) is 0 Å². The summed E-state index contributed by atoms with van der Waals surface area (Å²) < 4.78 is 29.5. The summed E-state index contributed by atoms with van der Waals surface area (Å²) in [5, 5.41) is 2.13. The summed E-state index contributed by atoms with van der Waals surface area (Å²) >= 11 is 0. The highest BCUT2D eigenvalue weighted by atomic mass is 32.2. The van der Waals surface area contributed by atoms with Crippen LogP contribution in [0.2, 0.25) is 0 Å². The molecule has 0 fully saturated rings. The summed E-state index contributed by atoms with van der Waals surface area (Å²) in [7, 11) is -3.29. The molecule has 0 amide bonds. The van der Waals surface area contributed by atoms with Crippen molar-refractivity contribution in [3.8, 4) is 0 Å². The van der Waals surface area contributed by atoms with E-state index in [1.54, 1.807) is 26.0 Å². The van der Waals surface area contributed by atoms with Gasteiger partial charge in [-0.3, -0.25) is 4.79 Å². The smallest absolute Gasteiger partial charge is 0.210 e. The Kier molecular flexibility index (Phi) is 4.16. The molecule has 0 aromatic heterocycles. The molecular formula is C23H20O4S. The summed E-state index contributed by atoms with van der Waals surface area (Å²) in [4.78, 5) is 13.3. The molecule has 0 bridgehead atoms. The summed E-state index contributed by atoms with van der Waals surface area (Å²) in [5.41, 5.74) is 1.00. The molecule has 0 aliphatic carbocycles. The summed E-state index contributed by atoms with van der Waals surface area (Å²) in [6, 6.07) is 20.3. The molecule has 5 heteroatoms. The Balaban J connectivity index is 1.89. The summed E-state index contributed by atoms with van der Waals surface area (Å²) in [5.74, 6) is 0.385. The third kappa shape index (κ3) is 3.12. The van der Waals surface area contributed by atoms with Crippen molar-refractivity contribution >= 4 is 37.7 Å². The average molecular weight is 392 g/mol. The van der Waals surface area contributed by atoms with Crippen LogP contribution in [0, 0.1) is 0 Å². The lowest BCUT2D eigenvalue weighted by molar-refractivity contribution is -0.125. The van der Waals surface area contributed by atoms with E-state index in [0.29, 0.717) is 16.9 Å². The molecular weight excluding hydrogens is 372 g/mol. The first-order chi connectivity index (χ1) is 13.2. The lowest BCUT2D eigenvalue weighted by Gasteiger charge is -2.17. The standard InChI is InChI=1S/C23H20O4S/c1-23(2)22(24)20(18-9-8-15-6-4-5-7-17(15)14-18)21(27-23)16-10-12-19(13-11-16)28(3,25)26/h4-14H,1-3H3. The second kappa shape index (κ2) is 6.31. The molecule has 4 nitrogen and oxygen atoms in total. The molecule has 3 aromatic carbocycles. The van der Waals surface area contributed by atoms with Crippen LogP contribution in [0.4, 0.5) is 0 Å². The van der Waals surface area contributed by atoms with E-state index in [1.807, 2.05) is 42.5 Å². The number of hydrogen-bond donors (Lipinski definition) is 0. The zero-order chi connectivity index (χ0) is 20.1. The SMILES string of the molecule is CC1(C)OC(c2ccc(S(C)(=O)=O)cc2)=C(c2ccc3ccccc3c2)C1=O. The van der Waals surface area contributed by atoms with Gasteiger partial charge in [-0.2, -0.15) is 0 Å². The van der Waals surface area contributed by atoms with Gasteiger partial charge in [0.25, 0.3) is 0 Å². The van der Waals surface area contributed by atoms with Crippen LogP contribution in [0.15, 0.2) is 71.6 Å². The van der Waals surface area contributed by atoms with Crippen molar-refractivity contribution in [1.29, 1.82) is 0 Å². The van der Waals surface area contributed by atoms with Gasteiger partial charge in [0, 0.05) is 11.8 Å². The molecule has 0 spiro atoms. The number of hydrogen-bond acceptors (Lipinski definition) is 4. The highest BCUT2D eigenvalue weighted by Gasteiger charge is 2.42. The number of Topliss-reactive ketones (excluding diaryl/α,β-unsaturated/α-hetero) is 1. The summed E-state index contributed by atoms with van der Waals surface area (Å²) in [6.45, 7) is 3.49. The predicted molar refractivity (Wildman–Crippen MR) is 110 cm³/mol. The number of sulfone groups is 1. The zero-order valence-electron chi connectivity index (χ0n) is 15.9. The van der Waals surface area contributed by atoms with Crippen LogP contribution in [0.1, 0.15) is 25.0 Å². The van der Waals surface area contributed by atoms with E-state index < -0.39 is 15.4 Å². The lowest BCUT2D eigenvalue weighted by Crippen LogP contribution is -2.29. The summed E-state index contributed by atoms with van der Waals surface area (Å²) in [6.07, 6.45) is 1.17. The van der Waals surface area contributed by atoms with Gasteiger partial charge in [-0.1, -0.05) is 36.4 Å². The van der Waals surface area contributed by atoms with Gasteiger partial charge < -0.3 is 4.74 Å². The molecule has 0 N–H and O–H groups in total. The number of carbonyl (C=O) groups excluding carboxylic acids is 1. The molecule has 142 valence electrons. The van der Waals surface area contributed by atoms with Crippen LogP contribution in [0.5, 0.6) is 0 Å². The highest BCUT2D eigenvalue weighted by Crippen LogP contribution is 2.41. The van der Waals surface area contributed by atoms with E-state index in [0.717, 1.165) is 16.3 Å². The van der Waals surface area contributed by atoms with Gasteiger partial charge in [0.2, 0.25) is 5.78 Å². The predicted octanol–water partition coefficient (Wildman–Crippen LogP) is 4.49. The highest BCUT2D eigenvalue weighted by molar-refractivity contribution is 7.90. The topological polar surface area (TPSA) is 60.4 Å². The van der Waals surface area contributed by atoms with Crippen molar-refractivity contribution in [2.45, 2.75) is 24.3 Å². The molecule has 1 heterocycles. The van der Waals surface area contributed by atoms with Crippen molar-refractivity contribution < 1.29 is 17.9 Å². The first-order valence-electron chi connectivity index (χ1n) is 8.94. The Morgan fingerprint density at radius 2 is 1.43 bits per heavy atom. The minimum absolute atomic E-state index is 0.0926. The Morgan fingerprint density at radius 3 is 2.07 bits per heavy atom. The fourth-order valence-corrected chi connectivity index (χ4v) is 4.05. The van der Waals surface area contributed by atoms with Gasteiger partial charge in [-0.05, 0) is 60.5 Å². The minimum atomic E-state index is -3.29. The van der Waals surface area contributed by atoms with Gasteiger partial charge in [-0.15, -0.1) is 0 Å². The maximum atomic E-state index is 13.1. The van der Waals surface area contributed by atoms with E-state index in [2.05, 4.69) is 0 Å². The Morgan fingerprint density at radius 1 is 0.821 bits per heavy atom. The Hall–Kier alpha value is -2.92. The maximum absolute atomic E-state index is 13.1. The van der Waals surface area contributed by atoms with E-state index in [1.165, 1.54) is 18.4 Å². The molecule has 0 saturated heterocycles. The third-order valence-electron chi connectivity index (χ3n) is 4.94. The molecule has 1 aliphatic heterocycles. The number of carbonyl (C=O) groups is 1. The molecule has 1 aliphatic rings. The fourth-order valence-electron chi connectivity index (χ4n) is 3.42. The van der Waals surface area contributed by atoms with Crippen LogP contribution >= 0.6 is 0 Å². The molecule has 0 radical (unpaired) electrons. The quantitative estimate of drug-likeness (QED) is 0.659. The second-order valence-corrected chi connectivity index (χ2v) is 9.52. The normalized spacial score (nSPS) is 16.5. The fraction of sp³-hybridized carbons (Fsp3) is 0.174. The molecule has 0 saturated carbocycles. The number of ether oxygens (including phenoxy) is 1. The second-order valence-electron chi connectivity index (χ2n) is 7.50. The molecule has 0 unspecified atom stereocenters. The average Bonchev–Trinajstić information content (AvgIpc) is 2.90. The van der Waals surface area contributed by atoms with Gasteiger partial charge in [0.05, 0.1) is 10.5 Å². The molecule has 0 atom stereocenters. The van der Waals surface area contributed by atoms with Gasteiger partial charge >= 0.3 is 0 Å². The number of rotatable bonds is 3. The number of benzene rings is 3. The van der Waals surface area contributed by atoms with Crippen LogP contribution in [-0.2, 0) is 19.4 Å². The zero-order valence-corrected chi connectivity index (χ0v) is 16.7. The van der Waals surface area contributed by atoms with Crippen molar-refractivity contribution in [1.82, 2.24) is 0 Å². The number of fused-ring (bicyclic) bond motifs is 1. The largest absolute Gasteiger partial charge is 0.478 e. The van der Waals surface area contributed by atoms with E-state index in [9.17, 15) is 13.2 Å². The van der Waals surface area contributed by atoms with Crippen molar-refractivity contribution in [3.05, 3.63) is 77.9 Å².